The Morgan fingerprint density at radius 1 is 1.25 bits per heavy atom. The van der Waals surface area contributed by atoms with Gasteiger partial charge in [-0.15, -0.1) is 0 Å². The molecular formula is C16H16N2O5S. The Morgan fingerprint density at radius 3 is 2.75 bits per heavy atom. The molecule has 0 unspecified atom stereocenters. The van der Waals surface area contributed by atoms with Crippen molar-refractivity contribution in [1.82, 2.24) is 9.71 Å². The minimum Gasteiger partial charge on any atom is -0.496 e. The number of aromatic amines is 1. The fourth-order valence-corrected chi connectivity index (χ4v) is 3.72. The highest BCUT2D eigenvalue weighted by atomic mass is 32.2. The molecule has 126 valence electrons. The number of H-pyrrole nitrogens is 1. The van der Waals surface area contributed by atoms with E-state index in [0.717, 1.165) is 5.56 Å². The van der Waals surface area contributed by atoms with Gasteiger partial charge in [0, 0.05) is 18.2 Å². The first kappa shape index (κ1) is 16.3. The van der Waals surface area contributed by atoms with Crippen molar-refractivity contribution in [2.45, 2.75) is 18.4 Å². The van der Waals surface area contributed by atoms with Gasteiger partial charge in [0.15, 0.2) is 5.58 Å². The molecule has 0 bridgehead atoms. The standard InChI is InChI=1S/C16H16N2O5S/c1-10-7-12-14(23-16(19)18-12)8-15(10)24(20,21)17-9-11-5-3-4-6-13(11)22-2/h3-8,17H,9H2,1-2H3,(H,18,19). The summed E-state index contributed by atoms with van der Waals surface area (Å²) in [7, 11) is -2.25. The van der Waals surface area contributed by atoms with Gasteiger partial charge in [-0.05, 0) is 24.6 Å². The highest BCUT2D eigenvalue weighted by Gasteiger charge is 2.19. The third-order valence-corrected chi connectivity index (χ3v) is 5.19. The number of fused-ring (bicyclic) bond motifs is 1. The van der Waals surface area contributed by atoms with Gasteiger partial charge in [-0.2, -0.15) is 0 Å². The molecule has 1 heterocycles. The molecule has 0 radical (unpaired) electrons. The molecular weight excluding hydrogens is 332 g/mol. The van der Waals surface area contributed by atoms with E-state index >= 15 is 0 Å². The Kier molecular flexibility index (Phi) is 4.16. The number of nitrogens with one attached hydrogen (secondary N) is 2. The van der Waals surface area contributed by atoms with Gasteiger partial charge >= 0.3 is 5.76 Å². The molecule has 1 aromatic heterocycles. The van der Waals surface area contributed by atoms with Gasteiger partial charge in [-0.3, -0.25) is 4.98 Å². The molecule has 3 rings (SSSR count). The topological polar surface area (TPSA) is 101 Å². The van der Waals surface area contributed by atoms with Gasteiger partial charge in [0.1, 0.15) is 5.75 Å². The molecule has 2 aromatic carbocycles. The predicted molar refractivity (Wildman–Crippen MR) is 88.6 cm³/mol. The fourth-order valence-electron chi connectivity index (χ4n) is 2.48. The Hall–Kier alpha value is -2.58. The molecule has 7 nitrogen and oxygen atoms in total. The van der Waals surface area contributed by atoms with E-state index < -0.39 is 15.8 Å². The van der Waals surface area contributed by atoms with Crippen LogP contribution in [0.2, 0.25) is 0 Å². The van der Waals surface area contributed by atoms with Crippen LogP contribution in [0, 0.1) is 6.92 Å². The second kappa shape index (κ2) is 6.14. The summed E-state index contributed by atoms with van der Waals surface area (Å²) >= 11 is 0. The molecule has 0 atom stereocenters. The normalized spacial score (nSPS) is 11.8. The number of hydrogen-bond donors (Lipinski definition) is 2. The summed E-state index contributed by atoms with van der Waals surface area (Å²) in [5.41, 5.74) is 1.88. The third-order valence-electron chi connectivity index (χ3n) is 3.65. The maximum Gasteiger partial charge on any atom is 0.417 e. The van der Waals surface area contributed by atoms with Crippen LogP contribution < -0.4 is 15.2 Å². The molecule has 8 heteroatoms. The zero-order valence-electron chi connectivity index (χ0n) is 13.1. The van der Waals surface area contributed by atoms with Crippen LogP contribution in [0.1, 0.15) is 11.1 Å². The molecule has 24 heavy (non-hydrogen) atoms. The summed E-state index contributed by atoms with van der Waals surface area (Å²) in [6, 6.07) is 10.1. The molecule has 0 aliphatic heterocycles. The van der Waals surface area contributed by atoms with Crippen LogP contribution in [-0.4, -0.2) is 20.5 Å². The van der Waals surface area contributed by atoms with Crippen molar-refractivity contribution in [3.05, 3.63) is 58.1 Å². The van der Waals surface area contributed by atoms with E-state index in [1.807, 2.05) is 6.07 Å². The average molecular weight is 348 g/mol. The van der Waals surface area contributed by atoms with E-state index in [1.165, 1.54) is 13.2 Å². The lowest BCUT2D eigenvalue weighted by molar-refractivity contribution is 0.409. The van der Waals surface area contributed by atoms with Crippen molar-refractivity contribution < 1.29 is 17.6 Å². The van der Waals surface area contributed by atoms with Crippen molar-refractivity contribution in [2.24, 2.45) is 0 Å². The molecule has 0 saturated carbocycles. The number of hydrogen-bond acceptors (Lipinski definition) is 5. The predicted octanol–water partition coefficient (Wildman–Crippen LogP) is 1.92. The van der Waals surface area contributed by atoms with E-state index in [-0.39, 0.29) is 17.0 Å². The molecule has 0 aliphatic carbocycles. The van der Waals surface area contributed by atoms with Crippen molar-refractivity contribution in [2.75, 3.05) is 7.11 Å². The number of benzene rings is 2. The van der Waals surface area contributed by atoms with Crippen LogP contribution in [-0.2, 0) is 16.6 Å². The SMILES string of the molecule is COc1ccccc1CNS(=O)(=O)c1cc2oc(=O)[nH]c2cc1C. The van der Waals surface area contributed by atoms with E-state index in [9.17, 15) is 13.2 Å². The minimum atomic E-state index is -3.78. The number of sulfonamides is 1. The monoisotopic (exact) mass is 348 g/mol. The average Bonchev–Trinajstić information content (AvgIpc) is 2.91. The van der Waals surface area contributed by atoms with Gasteiger partial charge in [0.25, 0.3) is 0 Å². The summed E-state index contributed by atoms with van der Waals surface area (Å²) in [5.74, 6) is -0.0232. The van der Waals surface area contributed by atoms with Crippen LogP contribution in [0.3, 0.4) is 0 Å². The second-order valence-electron chi connectivity index (χ2n) is 5.26. The molecule has 3 aromatic rings. The van der Waals surface area contributed by atoms with Gasteiger partial charge in [0.2, 0.25) is 10.0 Å². The zero-order chi connectivity index (χ0) is 17.3. The van der Waals surface area contributed by atoms with Gasteiger partial charge in [-0.25, -0.2) is 17.9 Å². The van der Waals surface area contributed by atoms with Crippen molar-refractivity contribution in [3.63, 3.8) is 0 Å². The lowest BCUT2D eigenvalue weighted by Crippen LogP contribution is -2.24. The number of aromatic nitrogens is 1. The number of oxazole rings is 1. The van der Waals surface area contributed by atoms with Crippen molar-refractivity contribution >= 4 is 21.1 Å². The van der Waals surface area contributed by atoms with Crippen molar-refractivity contribution in [1.29, 1.82) is 0 Å². The van der Waals surface area contributed by atoms with E-state index in [2.05, 4.69) is 9.71 Å². The lowest BCUT2D eigenvalue weighted by atomic mass is 10.2. The van der Waals surface area contributed by atoms with Crippen LogP contribution in [0.25, 0.3) is 11.1 Å². The number of ether oxygens (including phenoxy) is 1. The smallest absolute Gasteiger partial charge is 0.417 e. The first-order valence-electron chi connectivity index (χ1n) is 7.16. The Balaban J connectivity index is 1.93. The number of para-hydroxylation sites is 1. The number of aryl methyl sites for hydroxylation is 1. The number of methoxy groups -OCH3 is 1. The highest BCUT2D eigenvalue weighted by Crippen LogP contribution is 2.22. The number of rotatable bonds is 5. The molecule has 0 saturated heterocycles. The molecule has 0 spiro atoms. The summed E-state index contributed by atoms with van der Waals surface area (Å²) in [5, 5.41) is 0. The summed E-state index contributed by atoms with van der Waals surface area (Å²) in [4.78, 5) is 13.8. The van der Waals surface area contributed by atoms with Crippen LogP contribution >= 0.6 is 0 Å². The van der Waals surface area contributed by atoms with E-state index in [0.29, 0.717) is 16.8 Å². The summed E-state index contributed by atoms with van der Waals surface area (Å²) in [6.07, 6.45) is 0. The van der Waals surface area contributed by atoms with Crippen LogP contribution in [0.15, 0.2) is 50.5 Å². The van der Waals surface area contributed by atoms with Crippen LogP contribution in [0.5, 0.6) is 5.75 Å². The van der Waals surface area contributed by atoms with E-state index in [1.54, 1.807) is 31.2 Å². The molecule has 0 aliphatic rings. The van der Waals surface area contributed by atoms with Crippen molar-refractivity contribution in [3.8, 4) is 5.75 Å². The second-order valence-corrected chi connectivity index (χ2v) is 7.00. The zero-order valence-corrected chi connectivity index (χ0v) is 13.9. The first-order chi connectivity index (χ1) is 11.4. The maximum absolute atomic E-state index is 12.6. The van der Waals surface area contributed by atoms with Gasteiger partial charge in [-0.1, -0.05) is 18.2 Å². The van der Waals surface area contributed by atoms with Gasteiger partial charge < -0.3 is 9.15 Å². The lowest BCUT2D eigenvalue weighted by Gasteiger charge is -2.11. The highest BCUT2D eigenvalue weighted by molar-refractivity contribution is 7.89. The summed E-state index contributed by atoms with van der Waals surface area (Å²) in [6.45, 7) is 1.74. The summed E-state index contributed by atoms with van der Waals surface area (Å²) < 4.78 is 37.9. The van der Waals surface area contributed by atoms with E-state index in [4.69, 9.17) is 9.15 Å². The largest absolute Gasteiger partial charge is 0.496 e. The third kappa shape index (κ3) is 3.06. The Labute approximate surface area is 138 Å². The van der Waals surface area contributed by atoms with Gasteiger partial charge in [0.05, 0.1) is 17.5 Å². The Bertz CT molecular complexity index is 1050. The Morgan fingerprint density at radius 2 is 2.00 bits per heavy atom. The molecule has 0 fully saturated rings. The fraction of sp³-hybridized carbons (Fsp3) is 0.188. The quantitative estimate of drug-likeness (QED) is 0.733. The van der Waals surface area contributed by atoms with Crippen LogP contribution in [0.4, 0.5) is 0 Å². The molecule has 0 amide bonds. The maximum atomic E-state index is 12.6. The molecule has 2 N–H and O–H groups in total. The first-order valence-corrected chi connectivity index (χ1v) is 8.64. The minimum absolute atomic E-state index is 0.0626.